The highest BCUT2D eigenvalue weighted by Crippen LogP contribution is 2.46. The second kappa shape index (κ2) is 4.62. The number of hydrogen-bond donors (Lipinski definition) is 1. The van der Waals surface area contributed by atoms with Crippen molar-refractivity contribution in [1.29, 1.82) is 0 Å². The number of halogens is 2. The number of nitrogens with zero attached hydrogens (tertiary/aromatic N) is 3. The fourth-order valence-corrected chi connectivity index (χ4v) is 2.34. The number of carbonyl (C=O) groups is 1. The van der Waals surface area contributed by atoms with E-state index in [0.29, 0.717) is 13.0 Å². The lowest BCUT2D eigenvalue weighted by Crippen LogP contribution is -2.40. The Bertz CT molecular complexity index is 410. The van der Waals surface area contributed by atoms with Crippen LogP contribution in [0.25, 0.3) is 0 Å². The minimum atomic E-state index is -2.72. The molecule has 0 amide bonds. The lowest BCUT2D eigenvalue weighted by Gasteiger charge is -2.36. The molecule has 1 aliphatic carbocycles. The average Bonchev–Trinajstić information content (AvgIpc) is 2.81. The third-order valence-corrected chi connectivity index (χ3v) is 3.68. The van der Waals surface area contributed by atoms with Crippen LogP contribution >= 0.6 is 0 Å². The summed E-state index contributed by atoms with van der Waals surface area (Å²) in [5, 5.41) is 13.2. The summed E-state index contributed by atoms with van der Waals surface area (Å²) in [7, 11) is 0. The van der Waals surface area contributed by atoms with Gasteiger partial charge in [0.1, 0.15) is 12.7 Å². The first-order valence-corrected chi connectivity index (χ1v) is 5.87. The highest BCUT2D eigenvalue weighted by molar-refractivity contribution is 5.74. The second-order valence-electron chi connectivity index (χ2n) is 4.85. The third-order valence-electron chi connectivity index (χ3n) is 3.68. The topological polar surface area (TPSA) is 68.0 Å². The summed E-state index contributed by atoms with van der Waals surface area (Å²) in [4.78, 5) is 15.1. The summed E-state index contributed by atoms with van der Waals surface area (Å²) >= 11 is 0. The van der Waals surface area contributed by atoms with Crippen LogP contribution in [0.2, 0.25) is 0 Å². The van der Waals surface area contributed by atoms with Crippen molar-refractivity contribution in [1.82, 2.24) is 14.8 Å². The number of aliphatic carboxylic acids is 1. The van der Waals surface area contributed by atoms with E-state index in [1.54, 1.807) is 0 Å². The van der Waals surface area contributed by atoms with Gasteiger partial charge in [0.15, 0.2) is 0 Å². The molecule has 0 radical (unpaired) electrons. The third kappa shape index (κ3) is 2.65. The summed E-state index contributed by atoms with van der Waals surface area (Å²) in [5.41, 5.74) is -1.05. The zero-order chi connectivity index (χ0) is 13.2. The summed E-state index contributed by atoms with van der Waals surface area (Å²) < 4.78 is 27.7. The number of aryl methyl sites for hydroxylation is 1. The molecule has 0 bridgehead atoms. The van der Waals surface area contributed by atoms with Crippen LogP contribution in [0.1, 0.15) is 32.1 Å². The predicted molar refractivity (Wildman–Crippen MR) is 58.1 cm³/mol. The predicted octanol–water partition coefficient (Wildman–Crippen LogP) is 1.95. The molecule has 1 heterocycles. The first-order valence-electron chi connectivity index (χ1n) is 5.87. The molecule has 1 aromatic rings. The molecule has 0 aromatic carbocycles. The average molecular weight is 259 g/mol. The van der Waals surface area contributed by atoms with Crippen molar-refractivity contribution in [3.8, 4) is 0 Å². The van der Waals surface area contributed by atoms with E-state index in [4.69, 9.17) is 0 Å². The van der Waals surface area contributed by atoms with Gasteiger partial charge >= 0.3 is 5.97 Å². The SMILES string of the molecule is O=C(O)C1(CCn2cncn2)CCC(F)(F)CC1. The Morgan fingerprint density at radius 3 is 2.50 bits per heavy atom. The van der Waals surface area contributed by atoms with Gasteiger partial charge in [-0.1, -0.05) is 0 Å². The van der Waals surface area contributed by atoms with E-state index < -0.39 is 17.3 Å². The standard InChI is InChI=1S/C11H15F2N3O2/c12-11(13)3-1-10(2-4-11,9(17)18)5-6-16-8-14-7-15-16/h7-8H,1-6H2,(H,17,18). The van der Waals surface area contributed by atoms with Gasteiger partial charge in [-0.3, -0.25) is 9.48 Å². The molecule has 18 heavy (non-hydrogen) atoms. The molecule has 1 N–H and O–H groups in total. The van der Waals surface area contributed by atoms with Crippen LogP contribution in [0.15, 0.2) is 12.7 Å². The van der Waals surface area contributed by atoms with Gasteiger partial charge < -0.3 is 5.11 Å². The molecule has 1 aromatic heterocycles. The summed E-state index contributed by atoms with van der Waals surface area (Å²) in [5.74, 6) is -3.70. The normalized spacial score (nSPS) is 21.7. The van der Waals surface area contributed by atoms with Crippen molar-refractivity contribution in [2.45, 2.75) is 44.6 Å². The molecule has 2 rings (SSSR count). The first-order chi connectivity index (χ1) is 8.44. The maximum atomic E-state index is 13.1. The van der Waals surface area contributed by atoms with E-state index in [-0.39, 0.29) is 25.7 Å². The van der Waals surface area contributed by atoms with Crippen molar-refractivity contribution in [2.75, 3.05) is 0 Å². The van der Waals surface area contributed by atoms with E-state index in [9.17, 15) is 18.7 Å². The fourth-order valence-electron chi connectivity index (χ4n) is 2.34. The molecule has 5 nitrogen and oxygen atoms in total. The van der Waals surface area contributed by atoms with Crippen molar-refractivity contribution in [3.63, 3.8) is 0 Å². The van der Waals surface area contributed by atoms with Crippen LogP contribution in [-0.2, 0) is 11.3 Å². The van der Waals surface area contributed by atoms with Crippen LogP contribution < -0.4 is 0 Å². The molecule has 0 aliphatic heterocycles. The molecular formula is C11H15F2N3O2. The maximum absolute atomic E-state index is 13.1. The van der Waals surface area contributed by atoms with Gasteiger partial charge in [0, 0.05) is 19.4 Å². The number of alkyl halides is 2. The minimum absolute atomic E-state index is 0.0179. The van der Waals surface area contributed by atoms with Crippen LogP contribution in [0.4, 0.5) is 8.78 Å². The zero-order valence-corrected chi connectivity index (χ0v) is 9.85. The van der Waals surface area contributed by atoms with Crippen molar-refractivity contribution in [3.05, 3.63) is 12.7 Å². The van der Waals surface area contributed by atoms with Gasteiger partial charge in [-0.25, -0.2) is 13.8 Å². The monoisotopic (exact) mass is 259 g/mol. The number of hydrogen-bond acceptors (Lipinski definition) is 3. The van der Waals surface area contributed by atoms with Crippen LogP contribution in [-0.4, -0.2) is 31.8 Å². The van der Waals surface area contributed by atoms with E-state index in [1.165, 1.54) is 17.3 Å². The van der Waals surface area contributed by atoms with Gasteiger partial charge in [0.2, 0.25) is 5.92 Å². The van der Waals surface area contributed by atoms with Gasteiger partial charge in [-0.15, -0.1) is 0 Å². The summed E-state index contributed by atoms with van der Waals surface area (Å²) in [6, 6.07) is 0. The Balaban J connectivity index is 2.02. The highest BCUT2D eigenvalue weighted by atomic mass is 19.3. The Kier molecular flexibility index (Phi) is 3.32. The first kappa shape index (κ1) is 12.9. The Hall–Kier alpha value is -1.53. The van der Waals surface area contributed by atoms with Crippen molar-refractivity contribution >= 4 is 5.97 Å². The molecule has 0 unspecified atom stereocenters. The van der Waals surface area contributed by atoms with E-state index in [1.807, 2.05) is 0 Å². The largest absolute Gasteiger partial charge is 0.481 e. The van der Waals surface area contributed by atoms with Gasteiger partial charge in [-0.05, 0) is 19.3 Å². The van der Waals surface area contributed by atoms with Crippen molar-refractivity contribution in [2.24, 2.45) is 5.41 Å². The molecule has 1 saturated carbocycles. The highest BCUT2D eigenvalue weighted by Gasteiger charge is 2.47. The van der Waals surface area contributed by atoms with Gasteiger partial charge in [0.05, 0.1) is 5.41 Å². The molecule has 1 aliphatic rings. The number of rotatable bonds is 4. The lowest BCUT2D eigenvalue weighted by atomic mass is 9.70. The minimum Gasteiger partial charge on any atom is -0.481 e. The van der Waals surface area contributed by atoms with E-state index in [0.717, 1.165) is 0 Å². The summed E-state index contributed by atoms with van der Waals surface area (Å²) in [6.45, 7) is 0.387. The molecule has 1 fully saturated rings. The Labute approximate surface area is 103 Å². The van der Waals surface area contributed by atoms with Gasteiger partial charge in [0.25, 0.3) is 0 Å². The van der Waals surface area contributed by atoms with Crippen LogP contribution in [0.5, 0.6) is 0 Å². The molecule has 7 heteroatoms. The van der Waals surface area contributed by atoms with Crippen molar-refractivity contribution < 1.29 is 18.7 Å². The Morgan fingerprint density at radius 1 is 1.33 bits per heavy atom. The van der Waals surface area contributed by atoms with E-state index >= 15 is 0 Å². The lowest BCUT2D eigenvalue weighted by molar-refractivity contribution is -0.157. The number of aromatic nitrogens is 3. The number of carboxylic acid groups (broad SMARTS) is 1. The molecule has 100 valence electrons. The molecule has 0 atom stereocenters. The number of carboxylic acids is 1. The quantitative estimate of drug-likeness (QED) is 0.897. The van der Waals surface area contributed by atoms with Gasteiger partial charge in [-0.2, -0.15) is 5.10 Å². The Morgan fingerprint density at radius 2 is 2.00 bits per heavy atom. The molecular weight excluding hydrogens is 244 g/mol. The molecule has 0 spiro atoms. The maximum Gasteiger partial charge on any atom is 0.309 e. The summed E-state index contributed by atoms with van der Waals surface area (Å²) in [6.07, 6.45) is 2.50. The smallest absolute Gasteiger partial charge is 0.309 e. The van der Waals surface area contributed by atoms with Crippen LogP contribution in [0, 0.1) is 5.41 Å². The fraction of sp³-hybridized carbons (Fsp3) is 0.727. The zero-order valence-electron chi connectivity index (χ0n) is 9.85. The molecule has 0 saturated heterocycles. The van der Waals surface area contributed by atoms with Crippen LogP contribution in [0.3, 0.4) is 0 Å². The van der Waals surface area contributed by atoms with E-state index in [2.05, 4.69) is 10.1 Å². The second-order valence-corrected chi connectivity index (χ2v) is 4.85.